The number of carbonyl (C=O) groups excluding carboxylic acids is 1. The molecule has 0 bridgehead atoms. The van der Waals surface area contributed by atoms with Gasteiger partial charge in [-0.05, 0) is 18.2 Å². The summed E-state index contributed by atoms with van der Waals surface area (Å²) in [6.45, 7) is 0. The van der Waals surface area contributed by atoms with Crippen molar-refractivity contribution in [2.75, 3.05) is 5.73 Å². The number of nitrogens with two attached hydrogens (primary N) is 2. The van der Waals surface area contributed by atoms with Crippen LogP contribution < -0.4 is 17.0 Å². The largest absolute Gasteiger partial charge is 0.397 e. The van der Waals surface area contributed by atoms with Gasteiger partial charge in [0.2, 0.25) is 0 Å². The quantitative estimate of drug-likeness (QED) is 0.342. The van der Waals surface area contributed by atoms with Crippen molar-refractivity contribution < 1.29 is 4.79 Å². The van der Waals surface area contributed by atoms with Crippen LogP contribution in [0, 0.1) is 0 Å². The monoisotopic (exact) mass is 280 g/mol. The van der Waals surface area contributed by atoms with Crippen molar-refractivity contribution in [1.82, 2.24) is 10.4 Å². The Morgan fingerprint density at radius 2 is 2.28 bits per heavy atom. The summed E-state index contributed by atoms with van der Waals surface area (Å²) >= 11 is 3.04. The number of rotatable bonds is 4. The third-order valence-electron chi connectivity index (χ3n) is 2.20. The molecule has 1 amide bonds. The Balaban J connectivity index is 2.01. The van der Waals surface area contributed by atoms with E-state index in [-0.39, 0.29) is 5.91 Å². The molecule has 2 heterocycles. The average Bonchev–Trinajstić information content (AvgIpc) is 2.86. The summed E-state index contributed by atoms with van der Waals surface area (Å²) in [5.41, 5.74) is 8.58. The predicted molar refractivity (Wildman–Crippen MR) is 74.2 cm³/mol. The van der Waals surface area contributed by atoms with Gasteiger partial charge in [0.25, 0.3) is 5.91 Å². The van der Waals surface area contributed by atoms with E-state index in [1.807, 2.05) is 12.1 Å². The van der Waals surface area contributed by atoms with Crippen LogP contribution in [-0.4, -0.2) is 10.9 Å². The van der Waals surface area contributed by atoms with E-state index in [2.05, 4.69) is 10.4 Å². The molecule has 0 aliphatic rings. The summed E-state index contributed by atoms with van der Waals surface area (Å²) in [7, 11) is 0. The van der Waals surface area contributed by atoms with Gasteiger partial charge >= 0.3 is 0 Å². The lowest BCUT2D eigenvalue weighted by Crippen LogP contribution is -2.29. The fourth-order valence-corrected chi connectivity index (χ4v) is 3.21. The Hall–Kier alpha value is -1.57. The molecule has 0 atom stereocenters. The van der Waals surface area contributed by atoms with E-state index in [0.717, 1.165) is 15.5 Å². The van der Waals surface area contributed by atoms with E-state index in [0.29, 0.717) is 10.6 Å². The number of hydrazine groups is 1. The minimum Gasteiger partial charge on any atom is -0.397 e. The number of thiophene rings is 1. The van der Waals surface area contributed by atoms with Gasteiger partial charge in [0.1, 0.15) is 0 Å². The van der Waals surface area contributed by atoms with Gasteiger partial charge in [0, 0.05) is 21.7 Å². The van der Waals surface area contributed by atoms with Gasteiger partial charge in [0.15, 0.2) is 0 Å². The lowest BCUT2D eigenvalue weighted by atomic mass is 10.4. The molecule has 0 radical (unpaired) electrons. The van der Waals surface area contributed by atoms with E-state index in [1.54, 1.807) is 30.2 Å². The number of carbonyl (C=O) groups is 1. The summed E-state index contributed by atoms with van der Waals surface area (Å²) in [5.74, 6) is 5.57. The lowest BCUT2D eigenvalue weighted by Gasteiger charge is -2.02. The van der Waals surface area contributed by atoms with Crippen molar-refractivity contribution in [2.45, 2.75) is 10.6 Å². The van der Waals surface area contributed by atoms with Gasteiger partial charge in [-0.1, -0.05) is 0 Å². The molecular formula is C11H12N4OS2. The highest BCUT2D eigenvalue weighted by atomic mass is 32.2. The zero-order chi connectivity index (χ0) is 13.0. The molecule has 0 unspecified atom stereocenters. The van der Waals surface area contributed by atoms with Crippen molar-refractivity contribution >= 4 is 34.7 Å². The molecule has 0 aromatic carbocycles. The van der Waals surface area contributed by atoms with Crippen molar-refractivity contribution in [3.63, 3.8) is 0 Å². The van der Waals surface area contributed by atoms with E-state index >= 15 is 0 Å². The molecule has 0 aliphatic carbocycles. The van der Waals surface area contributed by atoms with E-state index in [9.17, 15) is 4.79 Å². The zero-order valence-corrected chi connectivity index (χ0v) is 11.1. The summed E-state index contributed by atoms with van der Waals surface area (Å²) in [5, 5.41) is 0. The topological polar surface area (TPSA) is 94.0 Å². The van der Waals surface area contributed by atoms with Gasteiger partial charge in [-0.2, -0.15) is 0 Å². The molecule has 94 valence electrons. The Kier molecular flexibility index (Phi) is 4.19. The number of anilines is 1. The molecule has 0 saturated heterocycles. The maximum atomic E-state index is 11.3. The molecular weight excluding hydrogens is 268 g/mol. The van der Waals surface area contributed by atoms with Crippen molar-refractivity contribution in [3.8, 4) is 0 Å². The first-order valence-corrected chi connectivity index (χ1v) is 6.93. The highest BCUT2D eigenvalue weighted by Gasteiger charge is 2.08. The fraction of sp³-hybridized carbons (Fsp3) is 0.0909. The smallest absolute Gasteiger partial charge is 0.275 e. The number of aromatic nitrogens is 1. The first-order chi connectivity index (χ1) is 8.70. The molecule has 0 spiro atoms. The molecule has 2 aromatic rings. The number of nitrogen functional groups attached to an aromatic ring is 2. The lowest BCUT2D eigenvalue weighted by molar-refractivity contribution is 0.0957. The molecule has 5 nitrogen and oxygen atoms in total. The van der Waals surface area contributed by atoms with Crippen molar-refractivity contribution in [3.05, 3.63) is 40.3 Å². The molecule has 5 N–H and O–H groups in total. The van der Waals surface area contributed by atoms with Crippen LogP contribution in [0.3, 0.4) is 0 Å². The molecule has 0 saturated carbocycles. The summed E-state index contributed by atoms with van der Waals surface area (Å²) in [4.78, 5) is 17.9. The normalized spacial score (nSPS) is 10.3. The van der Waals surface area contributed by atoms with E-state index < -0.39 is 0 Å². The molecule has 0 fully saturated rings. The minimum absolute atomic E-state index is 0.264. The maximum Gasteiger partial charge on any atom is 0.275 e. The van der Waals surface area contributed by atoms with Crippen LogP contribution in [0.1, 0.15) is 14.5 Å². The second kappa shape index (κ2) is 5.85. The van der Waals surface area contributed by atoms with Gasteiger partial charge in [-0.3, -0.25) is 15.2 Å². The number of hydrogen-bond acceptors (Lipinski definition) is 6. The van der Waals surface area contributed by atoms with E-state index in [1.165, 1.54) is 11.3 Å². The molecule has 0 aliphatic heterocycles. The van der Waals surface area contributed by atoms with Crippen LogP contribution in [0.2, 0.25) is 0 Å². The van der Waals surface area contributed by atoms with Crippen LogP contribution in [0.4, 0.5) is 5.69 Å². The summed E-state index contributed by atoms with van der Waals surface area (Å²) < 4.78 is 0. The number of hydrogen-bond donors (Lipinski definition) is 3. The number of nitrogens with one attached hydrogen (secondary N) is 1. The molecule has 2 rings (SSSR count). The van der Waals surface area contributed by atoms with Crippen LogP contribution in [0.25, 0.3) is 0 Å². The minimum atomic E-state index is -0.264. The predicted octanol–water partition coefficient (Wildman–Crippen LogP) is 1.62. The fourth-order valence-electron chi connectivity index (χ4n) is 1.32. The van der Waals surface area contributed by atoms with Crippen molar-refractivity contribution in [2.24, 2.45) is 5.84 Å². The maximum absolute atomic E-state index is 11.3. The van der Waals surface area contributed by atoms with Crippen molar-refractivity contribution in [1.29, 1.82) is 0 Å². The highest BCUT2D eigenvalue weighted by Crippen LogP contribution is 2.29. The molecule has 2 aromatic heterocycles. The highest BCUT2D eigenvalue weighted by molar-refractivity contribution is 7.98. The SMILES string of the molecule is NNC(=O)c1ccc(CSc2ccncc2N)s1. The first-order valence-electron chi connectivity index (χ1n) is 5.12. The number of thioether (sulfide) groups is 1. The molecule has 18 heavy (non-hydrogen) atoms. The van der Waals surface area contributed by atoms with Gasteiger partial charge in [-0.25, -0.2) is 5.84 Å². The number of amides is 1. The Morgan fingerprint density at radius 1 is 1.44 bits per heavy atom. The standard InChI is InChI=1S/C11H12N4OS2/c12-8-5-14-4-3-9(8)17-6-7-1-2-10(18-7)11(16)15-13/h1-5H,6,12-13H2,(H,15,16). The second-order valence-electron chi connectivity index (χ2n) is 3.44. The van der Waals surface area contributed by atoms with Crippen LogP contribution in [0.5, 0.6) is 0 Å². The van der Waals surface area contributed by atoms with Crippen LogP contribution in [0.15, 0.2) is 35.5 Å². The van der Waals surface area contributed by atoms with Gasteiger partial charge in [0.05, 0.1) is 16.8 Å². The van der Waals surface area contributed by atoms with Gasteiger partial charge < -0.3 is 5.73 Å². The molecule has 7 heteroatoms. The zero-order valence-electron chi connectivity index (χ0n) is 9.42. The van der Waals surface area contributed by atoms with Crippen LogP contribution in [-0.2, 0) is 5.75 Å². The first kappa shape index (κ1) is 12.9. The third kappa shape index (κ3) is 3.00. The Morgan fingerprint density at radius 3 is 3.00 bits per heavy atom. The number of pyridine rings is 1. The van der Waals surface area contributed by atoms with E-state index in [4.69, 9.17) is 11.6 Å². The van der Waals surface area contributed by atoms with Crippen LogP contribution >= 0.6 is 23.1 Å². The second-order valence-corrected chi connectivity index (χ2v) is 5.63. The Labute approximate surface area is 113 Å². The average molecular weight is 280 g/mol. The summed E-state index contributed by atoms with van der Waals surface area (Å²) in [6.07, 6.45) is 3.34. The van der Waals surface area contributed by atoms with Gasteiger partial charge in [-0.15, -0.1) is 23.1 Å². The summed E-state index contributed by atoms with van der Waals surface area (Å²) in [6, 6.07) is 5.55. The Bertz CT molecular complexity index is 555. The number of nitrogens with zero attached hydrogens (tertiary/aromatic N) is 1. The third-order valence-corrected chi connectivity index (χ3v) is 4.60.